The Morgan fingerprint density at radius 1 is 1.07 bits per heavy atom. The molecule has 0 radical (unpaired) electrons. The van der Waals surface area contributed by atoms with Gasteiger partial charge in [-0.25, -0.2) is 13.1 Å². The fourth-order valence-corrected chi connectivity index (χ4v) is 4.79. The molecule has 0 spiro atoms. The molecule has 1 aliphatic rings. The first-order valence-corrected chi connectivity index (χ1v) is 11.0. The highest BCUT2D eigenvalue weighted by atomic mass is 35.5. The summed E-state index contributed by atoms with van der Waals surface area (Å²) in [7, 11) is -3.62. The first-order valence-electron chi connectivity index (χ1n) is 9.14. The number of nitro benzene ring substituents is 1. The SMILES string of the molecule is O=C(Nc1ccc(S(=O)(=O)NC2CCCCC2)cc1)c1ccc([N+](=O)[O-])cc1Cl. The van der Waals surface area contributed by atoms with E-state index in [9.17, 15) is 23.3 Å². The van der Waals surface area contributed by atoms with Crippen molar-refractivity contribution < 1.29 is 18.1 Å². The highest BCUT2D eigenvalue weighted by molar-refractivity contribution is 7.89. The van der Waals surface area contributed by atoms with Crippen molar-refractivity contribution in [3.63, 3.8) is 0 Å². The number of non-ortho nitro benzene ring substituents is 1. The first kappa shape index (κ1) is 21.2. The summed E-state index contributed by atoms with van der Waals surface area (Å²) >= 11 is 5.96. The fraction of sp³-hybridized carbons (Fsp3) is 0.316. The topological polar surface area (TPSA) is 118 Å². The van der Waals surface area contributed by atoms with Crippen molar-refractivity contribution in [3.05, 3.63) is 63.2 Å². The number of nitrogens with one attached hydrogen (secondary N) is 2. The van der Waals surface area contributed by atoms with Gasteiger partial charge in [0.25, 0.3) is 11.6 Å². The summed E-state index contributed by atoms with van der Waals surface area (Å²) in [6.07, 6.45) is 4.84. The lowest BCUT2D eigenvalue weighted by molar-refractivity contribution is -0.384. The molecule has 8 nitrogen and oxygen atoms in total. The van der Waals surface area contributed by atoms with Gasteiger partial charge < -0.3 is 5.32 Å². The highest BCUT2D eigenvalue weighted by Gasteiger charge is 2.22. The summed E-state index contributed by atoms with van der Waals surface area (Å²) in [5.74, 6) is -0.555. The number of nitrogens with zero attached hydrogens (tertiary/aromatic N) is 1. The number of sulfonamides is 1. The maximum Gasteiger partial charge on any atom is 0.270 e. The van der Waals surface area contributed by atoms with E-state index in [0.717, 1.165) is 38.2 Å². The van der Waals surface area contributed by atoms with E-state index in [2.05, 4.69) is 10.0 Å². The molecule has 1 saturated carbocycles. The van der Waals surface area contributed by atoms with Crippen molar-refractivity contribution in [2.45, 2.75) is 43.0 Å². The van der Waals surface area contributed by atoms with Gasteiger partial charge in [0.05, 0.1) is 20.4 Å². The largest absolute Gasteiger partial charge is 0.322 e. The second kappa shape index (κ2) is 8.89. The van der Waals surface area contributed by atoms with Crippen molar-refractivity contribution in [1.82, 2.24) is 4.72 Å². The van der Waals surface area contributed by atoms with E-state index in [-0.39, 0.29) is 27.2 Å². The van der Waals surface area contributed by atoms with Crippen LogP contribution in [-0.4, -0.2) is 25.3 Å². The highest BCUT2D eigenvalue weighted by Crippen LogP contribution is 2.24. The molecule has 1 amide bonds. The van der Waals surface area contributed by atoms with Gasteiger partial charge in [-0.2, -0.15) is 0 Å². The molecule has 10 heteroatoms. The van der Waals surface area contributed by atoms with Gasteiger partial charge in [0.2, 0.25) is 10.0 Å². The molecule has 2 N–H and O–H groups in total. The van der Waals surface area contributed by atoms with Crippen LogP contribution in [0.25, 0.3) is 0 Å². The van der Waals surface area contributed by atoms with Crippen molar-refractivity contribution in [3.8, 4) is 0 Å². The molecule has 1 fully saturated rings. The molecule has 0 heterocycles. The third-order valence-corrected chi connectivity index (χ3v) is 6.61. The molecule has 0 saturated heterocycles. The van der Waals surface area contributed by atoms with Crippen molar-refractivity contribution >= 4 is 38.9 Å². The number of anilines is 1. The molecule has 0 aliphatic heterocycles. The summed E-state index contributed by atoms with van der Waals surface area (Å²) in [6.45, 7) is 0. The number of rotatable bonds is 6. The van der Waals surface area contributed by atoms with Crippen LogP contribution in [0, 0.1) is 10.1 Å². The second-order valence-corrected chi connectivity index (χ2v) is 8.98. The molecular formula is C19H20ClN3O5S. The summed E-state index contributed by atoms with van der Waals surface area (Å²) in [6, 6.07) is 9.30. The van der Waals surface area contributed by atoms with Crippen molar-refractivity contribution in [1.29, 1.82) is 0 Å². The number of hydrogen-bond donors (Lipinski definition) is 2. The summed E-state index contributed by atoms with van der Waals surface area (Å²) in [5.41, 5.74) is 0.237. The second-order valence-electron chi connectivity index (χ2n) is 6.86. The van der Waals surface area contributed by atoms with E-state index in [0.29, 0.717) is 5.69 Å². The van der Waals surface area contributed by atoms with E-state index < -0.39 is 20.9 Å². The number of halogens is 1. The Kier molecular flexibility index (Phi) is 6.51. The number of carbonyl (C=O) groups is 1. The smallest absolute Gasteiger partial charge is 0.270 e. The lowest BCUT2D eigenvalue weighted by Gasteiger charge is -2.22. The summed E-state index contributed by atoms with van der Waals surface area (Å²) in [4.78, 5) is 22.6. The third kappa shape index (κ3) is 5.31. The lowest BCUT2D eigenvalue weighted by Crippen LogP contribution is -2.36. The standard InChI is InChI=1S/C19H20ClN3O5S/c20-18-12-15(23(25)26)8-11-17(18)19(24)21-13-6-9-16(10-7-13)29(27,28)22-14-4-2-1-3-5-14/h6-12,14,22H,1-5H2,(H,21,24). The molecule has 0 aromatic heterocycles. The van der Waals surface area contributed by atoms with Gasteiger partial charge in [0, 0.05) is 23.9 Å². The zero-order chi connectivity index (χ0) is 21.0. The Morgan fingerprint density at radius 2 is 1.72 bits per heavy atom. The lowest BCUT2D eigenvalue weighted by atomic mass is 9.96. The molecule has 1 aliphatic carbocycles. The Morgan fingerprint density at radius 3 is 2.31 bits per heavy atom. The Balaban J connectivity index is 1.68. The third-order valence-electron chi connectivity index (χ3n) is 4.76. The quantitative estimate of drug-likeness (QED) is 0.520. The molecule has 0 unspecified atom stereocenters. The summed E-state index contributed by atoms with van der Waals surface area (Å²) in [5, 5.41) is 13.3. The summed E-state index contributed by atoms with van der Waals surface area (Å²) < 4.78 is 27.8. The van der Waals surface area contributed by atoms with Crippen LogP contribution in [0.4, 0.5) is 11.4 Å². The van der Waals surface area contributed by atoms with Crippen LogP contribution in [0.3, 0.4) is 0 Å². The molecular weight excluding hydrogens is 418 g/mol. The number of amides is 1. The van der Waals surface area contributed by atoms with Gasteiger partial charge in [-0.1, -0.05) is 30.9 Å². The number of benzene rings is 2. The number of nitro groups is 1. The number of carbonyl (C=O) groups excluding carboxylic acids is 1. The van der Waals surface area contributed by atoms with Gasteiger partial charge in [-0.05, 0) is 43.2 Å². The fourth-order valence-electron chi connectivity index (χ4n) is 3.23. The Hall–Kier alpha value is -2.49. The molecule has 3 rings (SSSR count). The Bertz CT molecular complexity index is 1020. The Labute approximate surface area is 173 Å². The van der Waals surface area contributed by atoms with Crippen LogP contribution in [0.2, 0.25) is 5.02 Å². The minimum absolute atomic E-state index is 0.0441. The average molecular weight is 438 g/mol. The number of hydrogen-bond acceptors (Lipinski definition) is 5. The minimum Gasteiger partial charge on any atom is -0.322 e. The van der Waals surface area contributed by atoms with Gasteiger partial charge in [0.15, 0.2) is 0 Å². The molecule has 29 heavy (non-hydrogen) atoms. The maximum absolute atomic E-state index is 12.5. The molecule has 0 bridgehead atoms. The molecule has 154 valence electrons. The van der Waals surface area contributed by atoms with Crippen molar-refractivity contribution in [2.75, 3.05) is 5.32 Å². The van der Waals surface area contributed by atoms with Crippen LogP contribution < -0.4 is 10.0 Å². The van der Waals surface area contributed by atoms with E-state index in [1.807, 2.05) is 0 Å². The van der Waals surface area contributed by atoms with E-state index in [4.69, 9.17) is 11.6 Å². The monoisotopic (exact) mass is 437 g/mol. The van der Waals surface area contributed by atoms with Gasteiger partial charge >= 0.3 is 0 Å². The van der Waals surface area contributed by atoms with Gasteiger partial charge in [-0.3, -0.25) is 14.9 Å². The van der Waals surface area contributed by atoms with Crippen LogP contribution >= 0.6 is 11.6 Å². The molecule has 0 atom stereocenters. The van der Waals surface area contributed by atoms with E-state index in [1.165, 1.54) is 36.4 Å². The van der Waals surface area contributed by atoms with Crippen LogP contribution in [0.5, 0.6) is 0 Å². The first-order chi connectivity index (χ1) is 13.8. The zero-order valence-corrected chi connectivity index (χ0v) is 17.0. The minimum atomic E-state index is -3.62. The average Bonchev–Trinajstić information content (AvgIpc) is 2.68. The van der Waals surface area contributed by atoms with E-state index in [1.54, 1.807) is 0 Å². The maximum atomic E-state index is 12.5. The molecule has 2 aromatic rings. The molecule has 2 aromatic carbocycles. The predicted molar refractivity (Wildman–Crippen MR) is 110 cm³/mol. The van der Waals surface area contributed by atoms with Gasteiger partial charge in [0.1, 0.15) is 0 Å². The van der Waals surface area contributed by atoms with Crippen molar-refractivity contribution in [2.24, 2.45) is 0 Å². The van der Waals surface area contributed by atoms with Crippen LogP contribution in [0.1, 0.15) is 42.5 Å². The van der Waals surface area contributed by atoms with Gasteiger partial charge in [-0.15, -0.1) is 0 Å². The van der Waals surface area contributed by atoms with Crippen LogP contribution in [-0.2, 0) is 10.0 Å². The normalized spacial score (nSPS) is 15.1. The predicted octanol–water partition coefficient (Wildman–Crippen LogP) is 4.11. The van der Waals surface area contributed by atoms with Crippen LogP contribution in [0.15, 0.2) is 47.4 Å². The zero-order valence-electron chi connectivity index (χ0n) is 15.4. The van der Waals surface area contributed by atoms with E-state index >= 15 is 0 Å².